The molecule has 1 aliphatic heterocycles. The number of hydrogen-bond acceptors (Lipinski definition) is 4. The Balaban J connectivity index is 1.39. The molecule has 0 unspecified atom stereocenters. The van der Waals surface area contributed by atoms with Gasteiger partial charge < -0.3 is 14.5 Å². The number of rotatable bonds is 6. The molecule has 30 heavy (non-hydrogen) atoms. The minimum absolute atomic E-state index is 0.106. The molecule has 0 radical (unpaired) electrons. The van der Waals surface area contributed by atoms with Gasteiger partial charge in [-0.15, -0.1) is 0 Å². The third kappa shape index (κ3) is 3.78. The zero-order chi connectivity index (χ0) is 21.3. The number of carbonyl (C=O) groups excluding carboxylic acids is 1. The van der Waals surface area contributed by atoms with Crippen molar-refractivity contribution in [2.75, 3.05) is 19.6 Å². The summed E-state index contributed by atoms with van der Waals surface area (Å²) < 4.78 is 30.0. The van der Waals surface area contributed by atoms with Crippen LogP contribution in [0, 0.1) is 0 Å². The largest absolute Gasteiger partial charge is 0.350 e. The van der Waals surface area contributed by atoms with E-state index >= 15 is 0 Å². The molecule has 1 fully saturated rings. The number of benzene rings is 1. The SMILES string of the molecule is Cn1ccc2ccn(CCNC(=O)c3ccc(S(=O)(=O)N4CCCC4)cc3)c(=O)c21. The van der Waals surface area contributed by atoms with E-state index in [0.717, 1.165) is 18.2 Å². The van der Waals surface area contributed by atoms with Crippen LogP contribution in [0.2, 0.25) is 0 Å². The zero-order valence-corrected chi connectivity index (χ0v) is 17.6. The second-order valence-electron chi connectivity index (χ2n) is 7.44. The molecular formula is C21H24N4O4S. The summed E-state index contributed by atoms with van der Waals surface area (Å²) in [5.41, 5.74) is 0.893. The third-order valence-corrected chi connectivity index (χ3v) is 7.37. The highest BCUT2D eigenvalue weighted by molar-refractivity contribution is 7.89. The van der Waals surface area contributed by atoms with Crippen molar-refractivity contribution >= 4 is 26.8 Å². The number of sulfonamides is 1. The fourth-order valence-electron chi connectivity index (χ4n) is 3.76. The minimum atomic E-state index is -3.49. The summed E-state index contributed by atoms with van der Waals surface area (Å²) in [6.45, 7) is 1.70. The molecule has 9 heteroatoms. The topological polar surface area (TPSA) is 93.4 Å². The number of fused-ring (bicyclic) bond motifs is 1. The molecule has 1 amide bonds. The molecule has 8 nitrogen and oxygen atoms in total. The molecule has 0 saturated carbocycles. The van der Waals surface area contributed by atoms with Gasteiger partial charge >= 0.3 is 0 Å². The molecule has 4 rings (SSSR count). The Hall–Kier alpha value is -2.91. The summed E-state index contributed by atoms with van der Waals surface area (Å²) in [7, 11) is -1.67. The standard InChI is InChI=1S/C21H24N4O4S/c1-23-13-8-16-9-14-24(21(27)19(16)23)15-10-22-20(26)17-4-6-18(7-5-17)30(28,29)25-11-2-3-12-25/h4-9,13-14H,2-3,10-12,15H2,1H3,(H,22,26). The van der Waals surface area contributed by atoms with Crippen LogP contribution in [0.1, 0.15) is 23.2 Å². The molecule has 0 aliphatic carbocycles. The van der Waals surface area contributed by atoms with Crippen molar-refractivity contribution in [2.24, 2.45) is 7.05 Å². The van der Waals surface area contributed by atoms with Crippen LogP contribution in [0.15, 0.2) is 58.5 Å². The van der Waals surface area contributed by atoms with E-state index in [1.807, 2.05) is 25.4 Å². The number of carbonyl (C=O) groups is 1. The van der Waals surface area contributed by atoms with E-state index < -0.39 is 10.0 Å². The Bertz CT molecular complexity index is 1240. The highest BCUT2D eigenvalue weighted by Crippen LogP contribution is 2.21. The lowest BCUT2D eigenvalue weighted by molar-refractivity contribution is 0.0952. The van der Waals surface area contributed by atoms with Gasteiger partial charge in [0.25, 0.3) is 11.5 Å². The quantitative estimate of drug-likeness (QED) is 0.645. The molecule has 1 aromatic carbocycles. The van der Waals surface area contributed by atoms with E-state index in [9.17, 15) is 18.0 Å². The van der Waals surface area contributed by atoms with Crippen molar-refractivity contribution in [3.05, 3.63) is 64.7 Å². The van der Waals surface area contributed by atoms with E-state index in [2.05, 4.69) is 5.32 Å². The van der Waals surface area contributed by atoms with Crippen LogP contribution in [-0.2, 0) is 23.6 Å². The maximum atomic E-state index is 12.6. The lowest BCUT2D eigenvalue weighted by Crippen LogP contribution is -2.31. The van der Waals surface area contributed by atoms with Crippen LogP contribution in [-0.4, -0.2) is 47.4 Å². The monoisotopic (exact) mass is 428 g/mol. The fourth-order valence-corrected chi connectivity index (χ4v) is 5.27. The smallest absolute Gasteiger partial charge is 0.275 e. The Labute approximate surface area is 174 Å². The van der Waals surface area contributed by atoms with E-state index in [4.69, 9.17) is 0 Å². The van der Waals surface area contributed by atoms with Crippen LogP contribution < -0.4 is 10.9 Å². The molecule has 3 heterocycles. The average molecular weight is 429 g/mol. The second-order valence-corrected chi connectivity index (χ2v) is 9.37. The van der Waals surface area contributed by atoms with Gasteiger partial charge in [-0.2, -0.15) is 4.31 Å². The molecular weight excluding hydrogens is 404 g/mol. The zero-order valence-electron chi connectivity index (χ0n) is 16.7. The van der Waals surface area contributed by atoms with Gasteiger partial charge in [0.1, 0.15) is 5.52 Å². The predicted octanol–water partition coefficient (Wildman–Crippen LogP) is 1.55. The van der Waals surface area contributed by atoms with Crippen molar-refractivity contribution in [2.45, 2.75) is 24.3 Å². The van der Waals surface area contributed by atoms with Gasteiger partial charge in [-0.25, -0.2) is 8.42 Å². The van der Waals surface area contributed by atoms with Crippen molar-refractivity contribution < 1.29 is 13.2 Å². The molecule has 0 bridgehead atoms. The van der Waals surface area contributed by atoms with Crippen molar-refractivity contribution in [3.63, 3.8) is 0 Å². The Morgan fingerprint density at radius 1 is 1.03 bits per heavy atom. The summed E-state index contributed by atoms with van der Waals surface area (Å²) in [6.07, 6.45) is 5.31. The maximum absolute atomic E-state index is 12.6. The summed E-state index contributed by atoms with van der Waals surface area (Å²) >= 11 is 0. The Morgan fingerprint density at radius 2 is 1.70 bits per heavy atom. The van der Waals surface area contributed by atoms with Crippen LogP contribution >= 0.6 is 0 Å². The lowest BCUT2D eigenvalue weighted by Gasteiger charge is -2.15. The average Bonchev–Trinajstić information content (AvgIpc) is 3.41. The van der Waals surface area contributed by atoms with Crippen LogP contribution in [0.4, 0.5) is 0 Å². The van der Waals surface area contributed by atoms with Crippen molar-refractivity contribution in [1.82, 2.24) is 18.8 Å². The first-order chi connectivity index (χ1) is 14.4. The van der Waals surface area contributed by atoms with Gasteiger partial charge in [0.2, 0.25) is 10.0 Å². The van der Waals surface area contributed by atoms with Gasteiger partial charge in [-0.05, 0) is 49.2 Å². The minimum Gasteiger partial charge on any atom is -0.350 e. The number of aromatic nitrogens is 2. The number of amides is 1. The maximum Gasteiger partial charge on any atom is 0.275 e. The molecule has 1 N–H and O–H groups in total. The summed E-state index contributed by atoms with van der Waals surface area (Å²) in [4.78, 5) is 25.2. The molecule has 0 spiro atoms. The fraction of sp³-hybridized carbons (Fsp3) is 0.333. The van der Waals surface area contributed by atoms with E-state index in [0.29, 0.717) is 30.7 Å². The van der Waals surface area contributed by atoms with E-state index in [-0.39, 0.29) is 22.9 Å². The van der Waals surface area contributed by atoms with Crippen molar-refractivity contribution in [3.8, 4) is 0 Å². The van der Waals surface area contributed by atoms with Crippen LogP contribution in [0.5, 0.6) is 0 Å². The number of nitrogens with one attached hydrogen (secondary N) is 1. The normalized spacial score (nSPS) is 15.0. The lowest BCUT2D eigenvalue weighted by atomic mass is 10.2. The Kier molecular flexibility index (Phi) is 5.48. The van der Waals surface area contributed by atoms with E-state index in [1.54, 1.807) is 15.3 Å². The van der Waals surface area contributed by atoms with Crippen LogP contribution in [0.3, 0.4) is 0 Å². The van der Waals surface area contributed by atoms with Gasteiger partial charge in [-0.1, -0.05) is 0 Å². The predicted molar refractivity (Wildman–Crippen MR) is 114 cm³/mol. The summed E-state index contributed by atoms with van der Waals surface area (Å²) in [5.74, 6) is -0.312. The number of hydrogen-bond donors (Lipinski definition) is 1. The molecule has 1 aliphatic rings. The van der Waals surface area contributed by atoms with Gasteiger partial charge in [0, 0.05) is 56.6 Å². The second kappa shape index (κ2) is 8.08. The van der Waals surface area contributed by atoms with Crippen molar-refractivity contribution in [1.29, 1.82) is 0 Å². The molecule has 3 aromatic rings. The molecule has 0 atom stereocenters. The molecule has 158 valence electrons. The number of pyridine rings is 1. The van der Waals surface area contributed by atoms with Gasteiger partial charge in [0.05, 0.1) is 4.90 Å². The number of aryl methyl sites for hydroxylation is 1. The van der Waals surface area contributed by atoms with Gasteiger partial charge in [-0.3, -0.25) is 9.59 Å². The van der Waals surface area contributed by atoms with Crippen LogP contribution in [0.25, 0.3) is 10.9 Å². The summed E-state index contributed by atoms with van der Waals surface area (Å²) in [6, 6.07) is 9.72. The first-order valence-electron chi connectivity index (χ1n) is 9.91. The first kappa shape index (κ1) is 20.4. The molecule has 1 saturated heterocycles. The summed E-state index contributed by atoms with van der Waals surface area (Å²) in [5, 5.41) is 3.66. The Morgan fingerprint density at radius 3 is 2.40 bits per heavy atom. The molecule has 2 aromatic heterocycles. The third-order valence-electron chi connectivity index (χ3n) is 5.46. The number of nitrogens with zero attached hydrogens (tertiary/aromatic N) is 3. The van der Waals surface area contributed by atoms with Gasteiger partial charge in [0.15, 0.2) is 0 Å². The highest BCUT2D eigenvalue weighted by atomic mass is 32.2. The first-order valence-corrected chi connectivity index (χ1v) is 11.3. The highest BCUT2D eigenvalue weighted by Gasteiger charge is 2.27. The van der Waals surface area contributed by atoms with E-state index in [1.165, 1.54) is 28.6 Å².